The summed E-state index contributed by atoms with van der Waals surface area (Å²) in [6, 6.07) is 14.6. The van der Waals surface area contributed by atoms with Crippen molar-refractivity contribution in [1.82, 2.24) is 24.2 Å². The molecule has 0 fully saturated rings. The summed E-state index contributed by atoms with van der Waals surface area (Å²) in [5.41, 5.74) is 2.02. The number of aromatic nitrogens is 4. The van der Waals surface area contributed by atoms with Gasteiger partial charge in [0.1, 0.15) is 6.54 Å². The molecule has 2 aromatic heterocycles. The van der Waals surface area contributed by atoms with Crippen LogP contribution in [0.4, 0.5) is 0 Å². The zero-order chi connectivity index (χ0) is 23.5. The molecule has 172 valence electrons. The van der Waals surface area contributed by atoms with Gasteiger partial charge in [0.05, 0.1) is 28.2 Å². The Morgan fingerprint density at radius 1 is 1.06 bits per heavy atom. The molecule has 0 saturated carbocycles. The maximum atomic E-state index is 13.3. The number of hydrogen-bond donors (Lipinski definition) is 0. The Balaban J connectivity index is 1.59. The third kappa shape index (κ3) is 4.57. The minimum Gasteiger partial charge on any atom is -0.419 e. The molecule has 0 bridgehead atoms. The molecule has 0 radical (unpaired) electrons. The molecule has 9 heteroatoms. The van der Waals surface area contributed by atoms with Crippen LogP contribution in [0.3, 0.4) is 0 Å². The summed E-state index contributed by atoms with van der Waals surface area (Å²) in [5, 5.41) is 8.69. The molecule has 2 heterocycles. The predicted molar refractivity (Wildman–Crippen MR) is 127 cm³/mol. The van der Waals surface area contributed by atoms with E-state index in [9.17, 15) is 9.59 Å². The van der Waals surface area contributed by atoms with E-state index < -0.39 is 0 Å². The molecule has 2 aromatic carbocycles. The van der Waals surface area contributed by atoms with Crippen molar-refractivity contribution >= 4 is 28.5 Å². The molecule has 0 N–H and O–H groups in total. The highest BCUT2D eigenvalue weighted by molar-refractivity contribution is 6.33. The fourth-order valence-electron chi connectivity index (χ4n) is 3.86. The Kier molecular flexibility index (Phi) is 6.65. The number of benzene rings is 2. The maximum absolute atomic E-state index is 13.3. The molecule has 0 saturated heterocycles. The van der Waals surface area contributed by atoms with Crippen LogP contribution in [0.1, 0.15) is 33.1 Å². The molecular formula is C24H26ClN5O3. The van der Waals surface area contributed by atoms with Gasteiger partial charge >= 0.3 is 5.69 Å². The van der Waals surface area contributed by atoms with E-state index in [1.165, 1.54) is 4.57 Å². The van der Waals surface area contributed by atoms with Gasteiger partial charge in [-0.15, -0.1) is 10.2 Å². The number of fused-ring (bicyclic) bond motifs is 1. The van der Waals surface area contributed by atoms with Gasteiger partial charge in [-0.05, 0) is 44.5 Å². The van der Waals surface area contributed by atoms with Crippen LogP contribution in [0.5, 0.6) is 0 Å². The lowest BCUT2D eigenvalue weighted by Gasteiger charge is -2.25. The highest BCUT2D eigenvalue weighted by atomic mass is 35.5. The molecule has 8 nitrogen and oxygen atoms in total. The third-order valence-electron chi connectivity index (χ3n) is 5.49. The van der Waals surface area contributed by atoms with Crippen LogP contribution in [0.15, 0.2) is 57.7 Å². The molecule has 0 aliphatic carbocycles. The zero-order valence-electron chi connectivity index (χ0n) is 18.9. The summed E-state index contributed by atoms with van der Waals surface area (Å²) in [4.78, 5) is 28.0. The number of carbonyl (C=O) groups excluding carboxylic acids is 1. The Morgan fingerprint density at radius 3 is 2.39 bits per heavy atom. The number of nitrogens with zero attached hydrogens (tertiary/aromatic N) is 5. The van der Waals surface area contributed by atoms with Crippen molar-refractivity contribution in [2.75, 3.05) is 0 Å². The fraction of sp³-hybridized carbons (Fsp3) is 0.333. The summed E-state index contributed by atoms with van der Waals surface area (Å²) in [7, 11) is 0. The topological polar surface area (TPSA) is 86.2 Å². The molecule has 0 unspecified atom stereocenters. The summed E-state index contributed by atoms with van der Waals surface area (Å²) in [6.45, 7) is 6.50. The number of carbonyl (C=O) groups is 1. The van der Waals surface area contributed by atoms with Crippen LogP contribution >= 0.6 is 11.6 Å². The molecule has 0 spiro atoms. The smallest absolute Gasteiger partial charge is 0.329 e. The first-order valence-electron chi connectivity index (χ1n) is 11.0. The number of rotatable bonds is 8. The van der Waals surface area contributed by atoms with Gasteiger partial charge in [-0.2, -0.15) is 0 Å². The number of imidazole rings is 1. The molecule has 4 rings (SSSR count). The molecule has 0 aliphatic heterocycles. The zero-order valence-corrected chi connectivity index (χ0v) is 19.6. The minimum absolute atomic E-state index is 0.0697. The van der Waals surface area contributed by atoms with E-state index in [-0.39, 0.29) is 30.7 Å². The number of para-hydroxylation sites is 2. The molecule has 1 amide bonds. The van der Waals surface area contributed by atoms with Gasteiger partial charge in [-0.25, -0.2) is 4.79 Å². The van der Waals surface area contributed by atoms with Crippen LogP contribution < -0.4 is 5.69 Å². The molecule has 0 atom stereocenters. The van der Waals surface area contributed by atoms with Crippen LogP contribution in [-0.2, 0) is 24.4 Å². The second kappa shape index (κ2) is 9.62. The van der Waals surface area contributed by atoms with E-state index in [0.29, 0.717) is 28.9 Å². The normalized spacial score (nSPS) is 11.4. The monoisotopic (exact) mass is 467 g/mol. The van der Waals surface area contributed by atoms with Crippen molar-refractivity contribution in [2.24, 2.45) is 0 Å². The maximum Gasteiger partial charge on any atom is 0.329 e. The quantitative estimate of drug-likeness (QED) is 0.384. The second-order valence-corrected chi connectivity index (χ2v) is 8.51. The van der Waals surface area contributed by atoms with Crippen LogP contribution in [-0.4, -0.2) is 36.2 Å². The van der Waals surface area contributed by atoms with Crippen molar-refractivity contribution < 1.29 is 9.21 Å². The van der Waals surface area contributed by atoms with E-state index in [1.807, 2.05) is 57.2 Å². The third-order valence-corrected chi connectivity index (χ3v) is 5.82. The van der Waals surface area contributed by atoms with Crippen molar-refractivity contribution in [3.05, 3.63) is 69.9 Å². The lowest BCUT2D eigenvalue weighted by Crippen LogP contribution is -2.40. The summed E-state index contributed by atoms with van der Waals surface area (Å²) >= 11 is 6.23. The average Bonchev–Trinajstić information content (AvgIpc) is 3.36. The number of amides is 1. The number of halogens is 1. The Morgan fingerprint density at radius 2 is 1.73 bits per heavy atom. The SMILES string of the molecule is CCCn1c(=O)n(CC(=O)N(Cc2nnc(-c3ccccc3Cl)o2)C(C)C)c2ccccc21. The van der Waals surface area contributed by atoms with Crippen molar-refractivity contribution in [3.63, 3.8) is 0 Å². The summed E-state index contributed by atoms with van der Waals surface area (Å²) in [5.74, 6) is 0.391. The minimum atomic E-state index is -0.205. The van der Waals surface area contributed by atoms with Gasteiger partial charge in [-0.1, -0.05) is 42.8 Å². The molecule has 4 aromatic rings. The predicted octanol–water partition coefficient (Wildman–Crippen LogP) is 4.35. The second-order valence-electron chi connectivity index (χ2n) is 8.11. The van der Waals surface area contributed by atoms with Gasteiger partial charge in [-0.3, -0.25) is 13.9 Å². The van der Waals surface area contributed by atoms with Gasteiger partial charge in [0.25, 0.3) is 0 Å². The lowest BCUT2D eigenvalue weighted by molar-refractivity contribution is -0.134. The first-order chi connectivity index (χ1) is 15.9. The van der Waals surface area contributed by atoms with Gasteiger partial charge in [0.2, 0.25) is 17.7 Å². The lowest BCUT2D eigenvalue weighted by atomic mass is 10.2. The van der Waals surface area contributed by atoms with Gasteiger partial charge in [0.15, 0.2) is 0 Å². The van der Waals surface area contributed by atoms with E-state index in [1.54, 1.807) is 21.6 Å². The van der Waals surface area contributed by atoms with Crippen LogP contribution in [0.2, 0.25) is 5.02 Å². The molecular weight excluding hydrogens is 442 g/mol. The van der Waals surface area contributed by atoms with E-state index >= 15 is 0 Å². The van der Waals surface area contributed by atoms with Crippen molar-refractivity contribution in [2.45, 2.75) is 52.9 Å². The Bertz CT molecular complexity index is 1340. The van der Waals surface area contributed by atoms with E-state index in [4.69, 9.17) is 16.0 Å². The van der Waals surface area contributed by atoms with Gasteiger partial charge < -0.3 is 9.32 Å². The Labute approximate surface area is 196 Å². The first-order valence-corrected chi connectivity index (χ1v) is 11.3. The van der Waals surface area contributed by atoms with Crippen LogP contribution in [0, 0.1) is 0 Å². The summed E-state index contributed by atoms with van der Waals surface area (Å²) < 4.78 is 9.04. The standard InChI is InChI=1S/C24H26ClN5O3/c1-4-13-28-19-11-7-8-12-20(19)30(24(28)32)15-22(31)29(16(2)3)14-21-26-27-23(33-21)17-9-5-6-10-18(17)25/h5-12,16H,4,13-15H2,1-3H3. The fourth-order valence-corrected chi connectivity index (χ4v) is 4.07. The van der Waals surface area contributed by atoms with E-state index in [2.05, 4.69) is 10.2 Å². The van der Waals surface area contributed by atoms with E-state index in [0.717, 1.165) is 17.5 Å². The van der Waals surface area contributed by atoms with Crippen LogP contribution in [0.25, 0.3) is 22.5 Å². The Hall–Kier alpha value is -3.39. The largest absolute Gasteiger partial charge is 0.419 e. The highest BCUT2D eigenvalue weighted by Gasteiger charge is 2.23. The first kappa shape index (κ1) is 22.8. The highest BCUT2D eigenvalue weighted by Crippen LogP contribution is 2.26. The molecule has 33 heavy (non-hydrogen) atoms. The summed E-state index contributed by atoms with van der Waals surface area (Å²) in [6.07, 6.45) is 0.824. The van der Waals surface area contributed by atoms with Crippen molar-refractivity contribution in [1.29, 1.82) is 0 Å². The number of aryl methyl sites for hydroxylation is 1. The van der Waals surface area contributed by atoms with Crippen molar-refractivity contribution in [3.8, 4) is 11.5 Å². The average molecular weight is 468 g/mol. The van der Waals surface area contributed by atoms with Gasteiger partial charge in [0, 0.05) is 12.6 Å². The number of hydrogen-bond acceptors (Lipinski definition) is 5. The molecule has 0 aliphatic rings.